The molecule has 0 aliphatic carbocycles. The minimum atomic E-state index is -0.988. The van der Waals surface area contributed by atoms with Gasteiger partial charge in [-0.2, -0.15) is 0 Å². The zero-order valence-electron chi connectivity index (χ0n) is 12.1. The smallest absolute Gasteiger partial charge is 0.322 e. The van der Waals surface area contributed by atoms with E-state index in [4.69, 9.17) is 5.11 Å². The second kappa shape index (κ2) is 7.25. The van der Waals surface area contributed by atoms with Gasteiger partial charge in [-0.05, 0) is 17.7 Å². The van der Waals surface area contributed by atoms with Crippen molar-refractivity contribution in [1.29, 1.82) is 0 Å². The van der Waals surface area contributed by atoms with Crippen molar-refractivity contribution in [3.8, 4) is 0 Å². The van der Waals surface area contributed by atoms with E-state index in [0.717, 1.165) is 5.56 Å². The number of rotatable bonds is 6. The van der Waals surface area contributed by atoms with E-state index in [1.165, 1.54) is 0 Å². The van der Waals surface area contributed by atoms with E-state index in [2.05, 4.69) is 21.3 Å². The molecule has 5 N–H and O–H groups in total. The van der Waals surface area contributed by atoms with Crippen LogP contribution >= 0.6 is 0 Å². The van der Waals surface area contributed by atoms with Crippen LogP contribution in [0, 0.1) is 0 Å². The third kappa shape index (κ3) is 4.99. The summed E-state index contributed by atoms with van der Waals surface area (Å²) in [4.78, 5) is 44.3. The number of urea groups is 2. The molecule has 0 bridgehead atoms. The number of nitrogens with one attached hydrogen (secondary N) is 4. The highest BCUT2D eigenvalue weighted by Crippen LogP contribution is 2.12. The molecular formula is C14H16N4O5. The van der Waals surface area contributed by atoms with Gasteiger partial charge in [-0.15, -0.1) is 0 Å². The number of benzene rings is 1. The number of carbonyl (C=O) groups excluding carboxylic acids is 3. The lowest BCUT2D eigenvalue weighted by molar-refractivity contribution is -0.136. The Kier molecular flexibility index (Phi) is 5.13. The fourth-order valence-corrected chi connectivity index (χ4v) is 2.02. The normalized spacial score (nSPS) is 16.4. The maximum absolute atomic E-state index is 11.5. The molecule has 1 saturated heterocycles. The van der Waals surface area contributed by atoms with Crippen LogP contribution in [0.1, 0.15) is 12.0 Å². The van der Waals surface area contributed by atoms with Gasteiger partial charge in [0, 0.05) is 18.7 Å². The van der Waals surface area contributed by atoms with Gasteiger partial charge >= 0.3 is 18.0 Å². The maximum atomic E-state index is 11.5. The summed E-state index contributed by atoms with van der Waals surface area (Å²) in [6.45, 7) is 0.0374. The van der Waals surface area contributed by atoms with Crippen molar-refractivity contribution in [3.05, 3.63) is 29.8 Å². The van der Waals surface area contributed by atoms with E-state index in [-0.39, 0.29) is 18.9 Å². The number of hydrogen-bond donors (Lipinski definition) is 5. The third-order valence-corrected chi connectivity index (χ3v) is 3.13. The first-order chi connectivity index (χ1) is 10.9. The lowest BCUT2D eigenvalue weighted by Gasteiger charge is -2.09. The molecule has 0 saturated carbocycles. The monoisotopic (exact) mass is 320 g/mol. The lowest BCUT2D eigenvalue weighted by atomic mass is 10.1. The summed E-state index contributed by atoms with van der Waals surface area (Å²) in [5.41, 5.74) is 1.35. The summed E-state index contributed by atoms with van der Waals surface area (Å²) < 4.78 is 0. The Morgan fingerprint density at radius 1 is 1.17 bits per heavy atom. The molecule has 1 aromatic carbocycles. The van der Waals surface area contributed by atoms with Crippen LogP contribution in [-0.2, 0) is 16.0 Å². The average molecular weight is 320 g/mol. The fourth-order valence-electron chi connectivity index (χ4n) is 2.02. The van der Waals surface area contributed by atoms with Gasteiger partial charge in [0.15, 0.2) is 0 Å². The van der Waals surface area contributed by atoms with E-state index in [9.17, 15) is 19.2 Å². The molecule has 1 aliphatic heterocycles. The molecule has 1 fully saturated rings. The molecule has 1 heterocycles. The lowest BCUT2D eigenvalue weighted by Crippen LogP contribution is -2.31. The number of carbonyl (C=O) groups is 4. The highest BCUT2D eigenvalue weighted by Gasteiger charge is 2.29. The predicted molar refractivity (Wildman–Crippen MR) is 79.9 cm³/mol. The number of anilines is 1. The number of carboxylic acids is 1. The average Bonchev–Trinajstić information content (AvgIpc) is 2.78. The first kappa shape index (κ1) is 16.3. The Hall–Kier alpha value is -3.10. The number of hydrogen-bond acceptors (Lipinski definition) is 4. The molecule has 0 spiro atoms. The number of carboxylic acid groups (broad SMARTS) is 1. The molecule has 1 atom stereocenters. The zero-order valence-corrected chi connectivity index (χ0v) is 12.1. The summed E-state index contributed by atoms with van der Waals surface area (Å²) in [5.74, 6) is -1.35. The summed E-state index contributed by atoms with van der Waals surface area (Å²) in [7, 11) is 0. The second-order valence-electron chi connectivity index (χ2n) is 4.94. The van der Waals surface area contributed by atoms with Gasteiger partial charge in [-0.25, -0.2) is 9.59 Å². The standard InChI is InChI=1S/C14H16N4O5/c19-11(20)5-6-15-13(22)16-9-3-1-8(2-4-9)7-10-12(21)18-14(23)17-10/h1-4,10H,5-7H2,(H,19,20)(H2,15,16,22)(H2,17,18,21,23). The van der Waals surface area contributed by atoms with Gasteiger partial charge in [-0.1, -0.05) is 12.1 Å². The van der Waals surface area contributed by atoms with E-state index in [0.29, 0.717) is 12.1 Å². The SMILES string of the molecule is O=C(O)CCNC(=O)Nc1ccc(CC2NC(=O)NC2=O)cc1. The second-order valence-corrected chi connectivity index (χ2v) is 4.94. The molecule has 2 rings (SSSR count). The molecule has 1 aliphatic rings. The molecular weight excluding hydrogens is 304 g/mol. The van der Waals surface area contributed by atoms with Crippen molar-refractivity contribution < 1.29 is 24.3 Å². The molecule has 9 nitrogen and oxygen atoms in total. The van der Waals surface area contributed by atoms with Crippen molar-refractivity contribution in [2.24, 2.45) is 0 Å². The summed E-state index contributed by atoms with van der Waals surface area (Å²) in [5, 5.41) is 18.1. The van der Waals surface area contributed by atoms with Gasteiger partial charge in [-0.3, -0.25) is 14.9 Å². The number of amides is 5. The molecule has 5 amide bonds. The van der Waals surface area contributed by atoms with Crippen molar-refractivity contribution in [2.75, 3.05) is 11.9 Å². The molecule has 0 radical (unpaired) electrons. The van der Waals surface area contributed by atoms with Crippen LogP contribution in [0.2, 0.25) is 0 Å². The predicted octanol–water partition coefficient (Wildman–Crippen LogP) is 0.0333. The van der Waals surface area contributed by atoms with Crippen LogP contribution < -0.4 is 21.3 Å². The molecule has 1 aromatic rings. The first-order valence-corrected chi connectivity index (χ1v) is 6.91. The van der Waals surface area contributed by atoms with Crippen LogP contribution in [-0.4, -0.2) is 41.6 Å². The minimum Gasteiger partial charge on any atom is -0.481 e. The van der Waals surface area contributed by atoms with Crippen LogP contribution in [0.4, 0.5) is 15.3 Å². The van der Waals surface area contributed by atoms with Gasteiger partial charge in [0.1, 0.15) is 6.04 Å². The van der Waals surface area contributed by atoms with Crippen LogP contribution in [0.15, 0.2) is 24.3 Å². The summed E-state index contributed by atoms with van der Waals surface area (Å²) in [6.07, 6.45) is 0.199. The Morgan fingerprint density at radius 3 is 2.43 bits per heavy atom. The highest BCUT2D eigenvalue weighted by atomic mass is 16.4. The van der Waals surface area contributed by atoms with E-state index in [1.54, 1.807) is 24.3 Å². The van der Waals surface area contributed by atoms with Crippen molar-refractivity contribution in [1.82, 2.24) is 16.0 Å². The van der Waals surface area contributed by atoms with Crippen molar-refractivity contribution in [3.63, 3.8) is 0 Å². The van der Waals surface area contributed by atoms with Gasteiger partial charge < -0.3 is 21.1 Å². The Morgan fingerprint density at radius 2 is 1.87 bits per heavy atom. The first-order valence-electron chi connectivity index (χ1n) is 6.91. The number of imide groups is 1. The zero-order chi connectivity index (χ0) is 16.8. The van der Waals surface area contributed by atoms with E-state index < -0.39 is 24.1 Å². The van der Waals surface area contributed by atoms with E-state index >= 15 is 0 Å². The minimum absolute atomic E-state index is 0.0374. The Balaban J connectivity index is 1.82. The van der Waals surface area contributed by atoms with E-state index in [1.807, 2.05) is 0 Å². The Bertz CT molecular complexity index is 629. The molecule has 23 heavy (non-hydrogen) atoms. The quantitative estimate of drug-likeness (QED) is 0.471. The van der Waals surface area contributed by atoms with Gasteiger partial charge in [0.05, 0.1) is 6.42 Å². The Labute approximate surface area is 131 Å². The topological polar surface area (TPSA) is 137 Å². The van der Waals surface area contributed by atoms with Crippen molar-refractivity contribution in [2.45, 2.75) is 18.9 Å². The van der Waals surface area contributed by atoms with Crippen molar-refractivity contribution >= 4 is 29.6 Å². The maximum Gasteiger partial charge on any atom is 0.322 e. The molecule has 0 aromatic heterocycles. The molecule has 122 valence electrons. The largest absolute Gasteiger partial charge is 0.481 e. The van der Waals surface area contributed by atoms with Gasteiger partial charge in [0.2, 0.25) is 0 Å². The molecule has 1 unspecified atom stereocenters. The van der Waals surface area contributed by atoms with Crippen LogP contribution in [0.5, 0.6) is 0 Å². The highest BCUT2D eigenvalue weighted by molar-refractivity contribution is 6.04. The van der Waals surface area contributed by atoms with Gasteiger partial charge in [0.25, 0.3) is 5.91 Å². The van der Waals surface area contributed by atoms with Crippen LogP contribution in [0.25, 0.3) is 0 Å². The number of aliphatic carboxylic acids is 1. The van der Waals surface area contributed by atoms with Crippen LogP contribution in [0.3, 0.4) is 0 Å². The fraction of sp³-hybridized carbons (Fsp3) is 0.286. The molecule has 9 heteroatoms. The summed E-state index contributed by atoms with van der Waals surface area (Å²) in [6, 6.07) is 5.16. The third-order valence-electron chi connectivity index (χ3n) is 3.13. The summed E-state index contributed by atoms with van der Waals surface area (Å²) >= 11 is 0.